The zero-order valence-corrected chi connectivity index (χ0v) is 8.37. The van der Waals surface area contributed by atoms with Crippen LogP contribution < -0.4 is 0 Å². The molecule has 0 bridgehead atoms. The summed E-state index contributed by atoms with van der Waals surface area (Å²) >= 11 is 5.27. The molecule has 0 radical (unpaired) electrons. The predicted octanol–water partition coefficient (Wildman–Crippen LogP) is 3.68. The van der Waals surface area contributed by atoms with Crippen molar-refractivity contribution in [1.29, 1.82) is 0 Å². The second kappa shape index (κ2) is 3.14. The zero-order valence-electron chi connectivity index (χ0n) is 4.63. The summed E-state index contributed by atoms with van der Waals surface area (Å²) in [5.41, 5.74) is 0. The van der Waals surface area contributed by atoms with E-state index in [4.69, 9.17) is 0 Å². The summed E-state index contributed by atoms with van der Waals surface area (Å²) in [5.74, 6) is -0.0891. The summed E-state index contributed by atoms with van der Waals surface area (Å²) < 4.78 is 14.4. The molecule has 0 aromatic heterocycles. The van der Waals surface area contributed by atoms with Crippen LogP contribution in [0, 0.1) is 0 Å². The van der Waals surface area contributed by atoms with Gasteiger partial charge in [-0.25, -0.2) is 4.39 Å². The van der Waals surface area contributed by atoms with Crippen LogP contribution in [-0.2, 0) is 0 Å². The molecule has 9 heavy (non-hydrogen) atoms. The van der Waals surface area contributed by atoms with Gasteiger partial charge in [0.15, 0.2) is 0 Å². The zero-order chi connectivity index (χ0) is 6.85. The lowest BCUT2D eigenvalue weighted by Gasteiger charge is -2.05. The van der Waals surface area contributed by atoms with Crippen LogP contribution in [0.25, 0.3) is 0 Å². The Morgan fingerprint density at radius 2 is 2.22 bits per heavy atom. The van der Waals surface area contributed by atoms with Crippen LogP contribution in [0.3, 0.4) is 0 Å². The first kappa shape index (κ1) is 7.72. The van der Waals surface area contributed by atoms with Crippen molar-refractivity contribution in [2.75, 3.05) is 0 Å². The van der Waals surface area contributed by atoms with Crippen LogP contribution in [0.15, 0.2) is 20.0 Å². The maximum atomic E-state index is 12.6. The minimum Gasteiger partial charge on any atom is -0.206 e. The van der Waals surface area contributed by atoms with Gasteiger partial charge in [0.2, 0.25) is 0 Å². The Balaban J connectivity index is 2.83. The molecule has 0 heterocycles. The van der Waals surface area contributed by atoms with E-state index >= 15 is 0 Å². The van der Waals surface area contributed by atoms with E-state index in [1.54, 1.807) is 0 Å². The standard InChI is InChI=1S/C6H5BrFI/c7-4-1-2-6(9)5(8)3-4/h3H,1-2H2. The molecule has 0 nitrogen and oxygen atoms in total. The van der Waals surface area contributed by atoms with Crippen molar-refractivity contribution in [1.82, 2.24) is 0 Å². The monoisotopic (exact) mass is 302 g/mol. The largest absolute Gasteiger partial charge is 0.206 e. The van der Waals surface area contributed by atoms with E-state index < -0.39 is 0 Å². The van der Waals surface area contributed by atoms with Crippen molar-refractivity contribution >= 4 is 38.5 Å². The van der Waals surface area contributed by atoms with E-state index in [1.165, 1.54) is 6.08 Å². The minimum absolute atomic E-state index is 0.0891. The summed E-state index contributed by atoms with van der Waals surface area (Å²) in [6.45, 7) is 0. The highest BCUT2D eigenvalue weighted by Gasteiger charge is 2.07. The highest BCUT2D eigenvalue weighted by molar-refractivity contribution is 14.1. The molecule has 0 aliphatic heterocycles. The molecule has 3 heteroatoms. The van der Waals surface area contributed by atoms with Gasteiger partial charge in [-0.05, 0) is 46.0 Å². The van der Waals surface area contributed by atoms with Crippen LogP contribution in [0.4, 0.5) is 4.39 Å². The number of halogens is 3. The summed E-state index contributed by atoms with van der Waals surface area (Å²) in [7, 11) is 0. The lowest BCUT2D eigenvalue weighted by atomic mass is 10.2. The third-order valence-electron chi connectivity index (χ3n) is 1.13. The molecular weight excluding hydrogens is 298 g/mol. The molecule has 0 saturated carbocycles. The maximum Gasteiger partial charge on any atom is 0.133 e. The Morgan fingerprint density at radius 1 is 1.56 bits per heavy atom. The van der Waals surface area contributed by atoms with Gasteiger partial charge in [-0.2, -0.15) is 0 Å². The topological polar surface area (TPSA) is 0 Å². The minimum atomic E-state index is -0.0891. The normalized spacial score (nSPS) is 20.1. The van der Waals surface area contributed by atoms with Gasteiger partial charge in [-0.15, -0.1) is 0 Å². The van der Waals surface area contributed by atoms with Gasteiger partial charge in [0.1, 0.15) is 5.83 Å². The van der Waals surface area contributed by atoms with E-state index in [1.807, 2.05) is 22.6 Å². The van der Waals surface area contributed by atoms with Gasteiger partial charge in [0.25, 0.3) is 0 Å². The van der Waals surface area contributed by atoms with Crippen LogP contribution in [0.2, 0.25) is 0 Å². The van der Waals surface area contributed by atoms with Crippen molar-refractivity contribution in [2.45, 2.75) is 12.8 Å². The first-order chi connectivity index (χ1) is 4.20. The fraction of sp³-hybridized carbons (Fsp3) is 0.333. The lowest BCUT2D eigenvalue weighted by molar-refractivity contribution is 0.650. The van der Waals surface area contributed by atoms with Crippen LogP contribution in [-0.4, -0.2) is 0 Å². The quantitative estimate of drug-likeness (QED) is 0.599. The van der Waals surface area contributed by atoms with Crippen LogP contribution in [0.5, 0.6) is 0 Å². The average Bonchev–Trinajstić information content (AvgIpc) is 1.80. The fourth-order valence-corrected chi connectivity index (χ4v) is 1.46. The SMILES string of the molecule is FC1=C(I)CCC(Br)=C1. The van der Waals surface area contributed by atoms with Gasteiger partial charge in [0, 0.05) is 3.58 Å². The maximum absolute atomic E-state index is 12.6. The second-order valence-corrected chi connectivity index (χ2v) is 4.16. The van der Waals surface area contributed by atoms with Gasteiger partial charge >= 0.3 is 0 Å². The van der Waals surface area contributed by atoms with E-state index in [-0.39, 0.29) is 5.83 Å². The number of hydrogen-bond donors (Lipinski definition) is 0. The van der Waals surface area contributed by atoms with Crippen molar-refractivity contribution in [2.24, 2.45) is 0 Å². The molecule has 1 aliphatic carbocycles. The molecule has 1 aliphatic rings. The number of rotatable bonds is 0. The first-order valence-electron chi connectivity index (χ1n) is 2.60. The Bertz CT molecular complexity index is 183. The van der Waals surface area contributed by atoms with Gasteiger partial charge in [-0.3, -0.25) is 0 Å². The van der Waals surface area contributed by atoms with Gasteiger partial charge < -0.3 is 0 Å². The van der Waals surface area contributed by atoms with Crippen molar-refractivity contribution in [3.63, 3.8) is 0 Å². The lowest BCUT2D eigenvalue weighted by Crippen LogP contribution is -1.86. The molecule has 50 valence electrons. The van der Waals surface area contributed by atoms with Crippen molar-refractivity contribution in [3.05, 3.63) is 20.0 Å². The highest BCUT2D eigenvalue weighted by atomic mass is 127. The Morgan fingerprint density at radius 3 is 2.67 bits per heavy atom. The summed E-state index contributed by atoms with van der Waals surface area (Å²) in [5, 5.41) is 0. The van der Waals surface area contributed by atoms with Gasteiger partial charge in [0.05, 0.1) is 0 Å². The van der Waals surface area contributed by atoms with Crippen LogP contribution >= 0.6 is 38.5 Å². The Hall–Kier alpha value is 0.620. The predicted molar refractivity (Wildman–Crippen MR) is 48.4 cm³/mol. The first-order valence-corrected chi connectivity index (χ1v) is 4.47. The smallest absolute Gasteiger partial charge is 0.133 e. The molecule has 0 aromatic rings. The molecule has 0 aromatic carbocycles. The van der Waals surface area contributed by atoms with E-state index in [2.05, 4.69) is 15.9 Å². The van der Waals surface area contributed by atoms with Gasteiger partial charge in [-0.1, -0.05) is 15.9 Å². The highest BCUT2D eigenvalue weighted by Crippen LogP contribution is 2.31. The molecule has 0 fully saturated rings. The summed E-state index contributed by atoms with van der Waals surface area (Å²) in [4.78, 5) is 0. The Labute approximate surface area is 75.5 Å². The molecule has 0 saturated heterocycles. The second-order valence-electron chi connectivity index (χ2n) is 1.84. The fourth-order valence-electron chi connectivity index (χ4n) is 0.637. The molecule has 0 amide bonds. The molecule has 1 rings (SSSR count). The molecule has 0 spiro atoms. The van der Waals surface area contributed by atoms with E-state index in [0.29, 0.717) is 0 Å². The molecule has 0 N–H and O–H groups in total. The third-order valence-corrected chi connectivity index (χ3v) is 2.81. The van der Waals surface area contributed by atoms with Crippen molar-refractivity contribution < 1.29 is 4.39 Å². The summed E-state index contributed by atoms with van der Waals surface area (Å²) in [6.07, 6.45) is 3.31. The van der Waals surface area contributed by atoms with Crippen LogP contribution in [0.1, 0.15) is 12.8 Å². The van der Waals surface area contributed by atoms with E-state index in [9.17, 15) is 4.39 Å². The Kier molecular flexibility index (Phi) is 2.70. The third kappa shape index (κ3) is 2.04. The average molecular weight is 303 g/mol. The number of hydrogen-bond acceptors (Lipinski definition) is 0. The van der Waals surface area contributed by atoms with E-state index in [0.717, 1.165) is 20.9 Å². The molecular formula is C6H5BrFI. The molecule has 0 atom stereocenters. The summed E-state index contributed by atoms with van der Waals surface area (Å²) in [6, 6.07) is 0. The molecule has 0 unspecified atom stereocenters. The number of allylic oxidation sites excluding steroid dienone is 4. The van der Waals surface area contributed by atoms with Crippen molar-refractivity contribution in [3.8, 4) is 0 Å².